The highest BCUT2D eigenvalue weighted by atomic mass is 16.3. The summed E-state index contributed by atoms with van der Waals surface area (Å²) in [5.41, 5.74) is 18.8. The molecule has 0 aliphatic carbocycles. The highest BCUT2D eigenvalue weighted by molar-refractivity contribution is 6.14. The summed E-state index contributed by atoms with van der Waals surface area (Å²) in [4.78, 5) is 20.5. The van der Waals surface area contributed by atoms with Gasteiger partial charge in [-0.05, 0) is 112 Å². The predicted octanol–water partition coefficient (Wildman–Crippen LogP) is 18.5. The van der Waals surface area contributed by atoms with Gasteiger partial charge in [-0.15, -0.1) is 0 Å². The van der Waals surface area contributed by atoms with Crippen molar-refractivity contribution in [2.75, 3.05) is 0 Å². The van der Waals surface area contributed by atoms with Crippen molar-refractivity contribution in [2.45, 2.75) is 46.0 Å². The lowest BCUT2D eigenvalue weighted by molar-refractivity contribution is 0.669. The summed E-state index contributed by atoms with van der Waals surface area (Å²) in [7, 11) is 0. The molecule has 9 aromatic carbocycles. The number of fused-ring (bicyclic) bond motifs is 3. The van der Waals surface area contributed by atoms with Gasteiger partial charge in [-0.1, -0.05) is 221 Å². The van der Waals surface area contributed by atoms with Gasteiger partial charge < -0.3 is 4.42 Å². The summed E-state index contributed by atoms with van der Waals surface area (Å²) in [6.45, 7) is 11.4. The summed E-state index contributed by atoms with van der Waals surface area (Å²) in [6, 6.07) is 78.3. The van der Waals surface area contributed by atoms with Gasteiger partial charge >= 0.3 is 0 Å². The van der Waals surface area contributed by atoms with Gasteiger partial charge in [-0.25, -0.2) is 15.0 Å². The van der Waals surface area contributed by atoms with Gasteiger partial charge in [0, 0.05) is 44.6 Å². The minimum absolute atomic E-state index is 0.0388. The summed E-state index contributed by atoms with van der Waals surface area (Å²) < 4.78 is 6.62. The topological polar surface area (TPSA) is 64.2 Å². The average molecular weight is 957 g/mol. The molecule has 0 bridgehead atoms. The molecule has 0 amide bonds. The van der Waals surface area contributed by atoms with E-state index in [1.54, 1.807) is 0 Å². The van der Waals surface area contributed by atoms with Crippen LogP contribution >= 0.6 is 0 Å². The zero-order valence-corrected chi connectivity index (χ0v) is 42.0. The smallest absolute Gasteiger partial charge is 0.164 e. The maximum Gasteiger partial charge on any atom is 0.164 e. The number of aromatic nitrogens is 3. The number of aryl methyl sites for hydroxylation is 1. The molecule has 0 spiro atoms. The van der Waals surface area contributed by atoms with Crippen molar-refractivity contribution in [3.8, 4) is 67.5 Å². The lowest BCUT2D eigenvalue weighted by Crippen LogP contribution is -2.06. The Morgan fingerprint density at radius 3 is 1.72 bits per heavy atom. The molecule has 74 heavy (non-hydrogen) atoms. The fourth-order valence-corrected chi connectivity index (χ4v) is 10.2. The molecule has 1 atom stereocenters. The lowest BCUT2D eigenvalue weighted by atomic mass is 9.84. The van der Waals surface area contributed by atoms with Crippen LogP contribution in [0.3, 0.4) is 0 Å². The molecule has 0 fully saturated rings. The number of hydrogen-bond acceptors (Lipinski definition) is 5. The molecule has 2 aromatic heterocycles. The molecule has 2 heterocycles. The number of furan rings is 1. The molecular formula is C69H56N4O. The maximum atomic E-state index is 6.62. The van der Waals surface area contributed by atoms with Crippen LogP contribution in [-0.4, -0.2) is 20.7 Å². The quantitative estimate of drug-likeness (QED) is 0.0961. The molecule has 0 aliphatic rings. The number of aliphatic imine (C=N–C) groups is 1. The first-order valence-electron chi connectivity index (χ1n) is 25.6. The van der Waals surface area contributed by atoms with Crippen LogP contribution in [-0.2, 0) is 0 Å². The molecule has 0 N–H and O–H groups in total. The van der Waals surface area contributed by atoms with Crippen LogP contribution in [0.25, 0.3) is 95.1 Å². The van der Waals surface area contributed by atoms with Crippen molar-refractivity contribution in [1.29, 1.82) is 0 Å². The highest BCUT2D eigenvalue weighted by Gasteiger charge is 2.22. The third kappa shape index (κ3) is 9.80. The summed E-state index contributed by atoms with van der Waals surface area (Å²) in [6.07, 6.45) is 5.08. The first kappa shape index (κ1) is 47.3. The van der Waals surface area contributed by atoms with Crippen LogP contribution in [0.1, 0.15) is 61.3 Å². The van der Waals surface area contributed by atoms with E-state index in [1.807, 2.05) is 60.7 Å². The van der Waals surface area contributed by atoms with Gasteiger partial charge in [0.25, 0.3) is 0 Å². The second-order valence-electron chi connectivity index (χ2n) is 18.8. The predicted molar refractivity (Wildman–Crippen MR) is 309 cm³/mol. The fourth-order valence-electron chi connectivity index (χ4n) is 10.2. The van der Waals surface area contributed by atoms with Gasteiger partial charge in [0.2, 0.25) is 0 Å². The van der Waals surface area contributed by atoms with Crippen molar-refractivity contribution in [3.63, 3.8) is 0 Å². The highest BCUT2D eigenvalue weighted by Crippen LogP contribution is 2.43. The zero-order chi connectivity index (χ0) is 50.4. The zero-order valence-electron chi connectivity index (χ0n) is 42.0. The van der Waals surface area contributed by atoms with E-state index in [2.05, 4.69) is 191 Å². The fraction of sp³-hybridized carbons (Fsp3) is 0.101. The van der Waals surface area contributed by atoms with Crippen LogP contribution in [0.5, 0.6) is 0 Å². The van der Waals surface area contributed by atoms with E-state index in [0.29, 0.717) is 17.5 Å². The van der Waals surface area contributed by atoms with Gasteiger partial charge in [-0.3, -0.25) is 4.99 Å². The van der Waals surface area contributed by atoms with E-state index in [4.69, 9.17) is 30.9 Å². The molecule has 1 unspecified atom stereocenters. The number of allylic oxidation sites excluding steroid dienone is 3. The first-order chi connectivity index (χ1) is 36.4. The van der Waals surface area contributed by atoms with Crippen molar-refractivity contribution in [1.82, 2.24) is 15.0 Å². The number of hydrogen-bond donors (Lipinski definition) is 0. The molecule has 0 aliphatic heterocycles. The van der Waals surface area contributed by atoms with E-state index < -0.39 is 0 Å². The Bertz CT molecular complexity index is 3800. The molecule has 5 nitrogen and oxygen atoms in total. The standard InChI is InChI=1S/C69H56N4O/c1-5-23-52(48-25-11-7-12-26-48)45-63(49-27-13-8-14-28-49)70-47(4)57(6-2)60-40-38-53(43-61(60)58-35-20-19-24-46(58)3)54-39-41-64-62(44-54)66-59(36-22-37-65(66)74-64)55-33-21-34-56(42-55)69-72-67(50-29-15-9-16-30-50)71-68(73-69)51-31-17-10-18-32-51/h7-22,24-45,57H,4-6,23H2,1-3H3/b52-45+,70-63?. The van der Waals surface area contributed by atoms with Crippen LogP contribution < -0.4 is 0 Å². The minimum atomic E-state index is -0.0388. The summed E-state index contributed by atoms with van der Waals surface area (Å²) in [5, 5.41) is 2.10. The van der Waals surface area contributed by atoms with Crippen LogP contribution in [0.4, 0.5) is 0 Å². The van der Waals surface area contributed by atoms with Gasteiger partial charge in [0.15, 0.2) is 17.5 Å². The Morgan fingerprint density at radius 2 is 1.05 bits per heavy atom. The third-order valence-electron chi connectivity index (χ3n) is 13.9. The van der Waals surface area contributed by atoms with E-state index in [9.17, 15) is 0 Å². The van der Waals surface area contributed by atoms with Crippen molar-refractivity contribution >= 4 is 33.2 Å². The molecule has 358 valence electrons. The van der Waals surface area contributed by atoms with Gasteiger partial charge in [0.1, 0.15) is 11.2 Å². The van der Waals surface area contributed by atoms with E-state index in [1.165, 1.54) is 33.4 Å². The molecule has 11 rings (SSSR count). The Hall–Kier alpha value is -9.06. The monoisotopic (exact) mass is 956 g/mol. The SMILES string of the molecule is C=C(N=C(/C=C(\CCC)c1ccccc1)c1ccccc1)C(CC)c1ccc(-c2ccc3oc4cccc(-c5cccc(-c6nc(-c7ccccc7)nc(-c7ccccc7)n6)c5)c4c3c2)cc1-c1ccccc1C. The maximum absolute atomic E-state index is 6.62. The molecule has 11 aromatic rings. The number of benzene rings is 9. The van der Waals surface area contributed by atoms with E-state index >= 15 is 0 Å². The number of nitrogens with zero attached hydrogens (tertiary/aromatic N) is 4. The van der Waals surface area contributed by atoms with Crippen LogP contribution in [0, 0.1) is 6.92 Å². The molecule has 0 saturated heterocycles. The summed E-state index contributed by atoms with van der Waals surface area (Å²) >= 11 is 0. The largest absolute Gasteiger partial charge is 0.456 e. The summed E-state index contributed by atoms with van der Waals surface area (Å²) in [5.74, 6) is 1.82. The molecular weight excluding hydrogens is 901 g/mol. The normalized spacial score (nSPS) is 12.3. The third-order valence-corrected chi connectivity index (χ3v) is 13.9. The van der Waals surface area contributed by atoms with Crippen molar-refractivity contribution in [2.24, 2.45) is 4.99 Å². The van der Waals surface area contributed by atoms with Gasteiger partial charge in [-0.2, -0.15) is 0 Å². The van der Waals surface area contributed by atoms with Crippen molar-refractivity contribution in [3.05, 3.63) is 265 Å². The molecule has 0 radical (unpaired) electrons. The Kier molecular flexibility index (Phi) is 13.6. The molecule has 0 saturated carbocycles. The Balaban J connectivity index is 0.995. The van der Waals surface area contributed by atoms with E-state index in [0.717, 1.165) is 97.1 Å². The average Bonchev–Trinajstić information content (AvgIpc) is 3.85. The number of rotatable bonds is 15. The molecule has 5 heteroatoms. The van der Waals surface area contributed by atoms with Gasteiger partial charge in [0.05, 0.1) is 5.71 Å². The Morgan fingerprint density at radius 1 is 0.500 bits per heavy atom. The minimum Gasteiger partial charge on any atom is -0.456 e. The second kappa shape index (κ2) is 21.3. The Labute approximate surface area is 434 Å². The second-order valence-corrected chi connectivity index (χ2v) is 18.8. The first-order valence-corrected chi connectivity index (χ1v) is 25.6. The van der Waals surface area contributed by atoms with Crippen LogP contribution in [0.15, 0.2) is 252 Å². The van der Waals surface area contributed by atoms with Crippen LogP contribution in [0.2, 0.25) is 0 Å². The van der Waals surface area contributed by atoms with Crippen molar-refractivity contribution < 1.29 is 4.42 Å². The van der Waals surface area contributed by atoms with E-state index in [-0.39, 0.29) is 5.92 Å². The lowest BCUT2D eigenvalue weighted by Gasteiger charge is -2.22.